The van der Waals surface area contributed by atoms with Crippen LogP contribution in [0.15, 0.2) is 67.3 Å². The Hall–Kier alpha value is -2.25. The number of anilines is 1. The number of hydrogen-bond acceptors (Lipinski definition) is 7. The van der Waals surface area contributed by atoms with Crippen molar-refractivity contribution in [1.82, 2.24) is 9.47 Å². The molecule has 2 aromatic carbocycles. The summed E-state index contributed by atoms with van der Waals surface area (Å²) in [5, 5.41) is -0.131. The largest absolute Gasteiger partial charge is 0.378 e. The zero-order chi connectivity index (χ0) is 26.6. The summed E-state index contributed by atoms with van der Waals surface area (Å²) in [5.41, 5.74) is 1.34. The molecule has 4 heterocycles. The van der Waals surface area contributed by atoms with Crippen LogP contribution < -0.4 is 9.77 Å². The summed E-state index contributed by atoms with van der Waals surface area (Å²) in [7, 11) is 0. The molecule has 0 N–H and O–H groups in total. The van der Waals surface area contributed by atoms with E-state index in [9.17, 15) is 19.2 Å². The van der Waals surface area contributed by atoms with Gasteiger partial charge in [-0.3, -0.25) is 23.7 Å². The van der Waals surface area contributed by atoms with Crippen molar-refractivity contribution in [2.75, 3.05) is 31.2 Å². The molecular formula is C26H21Br2N3O5S2. The molecule has 3 aromatic rings. The lowest BCUT2D eigenvalue weighted by atomic mass is 9.83. The zero-order valence-electron chi connectivity index (χ0n) is 19.8. The molecule has 196 valence electrons. The van der Waals surface area contributed by atoms with Gasteiger partial charge in [-0.15, -0.1) is 0 Å². The minimum atomic E-state index is -0.721. The van der Waals surface area contributed by atoms with Gasteiger partial charge < -0.3 is 9.64 Å². The lowest BCUT2D eigenvalue weighted by Crippen LogP contribution is -2.43. The number of halogens is 2. The number of ether oxygens (including phenoxy) is 1. The number of carbonyl (C=O) groups excluding carboxylic acids is 3. The fourth-order valence-corrected chi connectivity index (χ4v) is 8.66. The second kappa shape index (κ2) is 10.4. The molecule has 0 spiro atoms. The van der Waals surface area contributed by atoms with Crippen LogP contribution in [0.4, 0.5) is 5.69 Å². The van der Waals surface area contributed by atoms with Crippen molar-refractivity contribution in [3.05, 3.63) is 77.6 Å². The third kappa shape index (κ3) is 4.49. The monoisotopic (exact) mass is 677 g/mol. The SMILES string of the molecule is O=C(Cn1c2c(sc1=O)[C@H](c1cccc(Br)c1)C1C(=O)N(c3ccc(Br)cc3)C(=O)C1S2)N1CCOCC1. The van der Waals surface area contributed by atoms with E-state index >= 15 is 0 Å². The smallest absolute Gasteiger partial charge is 0.308 e. The second-order valence-electron chi connectivity index (χ2n) is 9.20. The number of benzene rings is 2. The summed E-state index contributed by atoms with van der Waals surface area (Å²) in [4.78, 5) is 57.4. The lowest BCUT2D eigenvalue weighted by Gasteiger charge is -2.31. The summed E-state index contributed by atoms with van der Waals surface area (Å²) in [5.74, 6) is -1.95. The fourth-order valence-electron chi connectivity index (χ4n) is 5.21. The van der Waals surface area contributed by atoms with Gasteiger partial charge in [-0.1, -0.05) is 67.1 Å². The van der Waals surface area contributed by atoms with Gasteiger partial charge >= 0.3 is 4.87 Å². The van der Waals surface area contributed by atoms with E-state index in [-0.39, 0.29) is 29.1 Å². The van der Waals surface area contributed by atoms with Gasteiger partial charge in [0.1, 0.15) is 11.8 Å². The van der Waals surface area contributed by atoms with Crippen LogP contribution in [-0.2, 0) is 25.7 Å². The molecule has 2 fully saturated rings. The Morgan fingerprint density at radius 1 is 0.974 bits per heavy atom. The summed E-state index contributed by atoms with van der Waals surface area (Å²) in [6, 6.07) is 14.7. The van der Waals surface area contributed by atoms with Crippen molar-refractivity contribution >= 4 is 78.4 Å². The van der Waals surface area contributed by atoms with E-state index in [1.165, 1.54) is 21.2 Å². The molecular weight excluding hydrogens is 658 g/mol. The quantitative estimate of drug-likeness (QED) is 0.387. The van der Waals surface area contributed by atoms with Gasteiger partial charge in [-0.2, -0.15) is 0 Å². The molecule has 2 saturated heterocycles. The number of morpholine rings is 1. The highest BCUT2D eigenvalue weighted by molar-refractivity contribution is 9.10. The maximum absolute atomic E-state index is 13.9. The Morgan fingerprint density at radius 3 is 2.42 bits per heavy atom. The number of carbonyl (C=O) groups is 3. The van der Waals surface area contributed by atoms with Gasteiger partial charge in [-0.25, -0.2) is 4.90 Å². The first-order valence-corrected chi connectivity index (χ1v) is 15.3. The molecule has 8 nitrogen and oxygen atoms in total. The molecule has 0 saturated carbocycles. The molecule has 3 amide bonds. The van der Waals surface area contributed by atoms with Gasteiger partial charge in [0.25, 0.3) is 0 Å². The van der Waals surface area contributed by atoms with Gasteiger partial charge in [0.2, 0.25) is 17.7 Å². The first-order chi connectivity index (χ1) is 18.3. The lowest BCUT2D eigenvalue weighted by molar-refractivity contribution is -0.136. The third-order valence-electron chi connectivity index (χ3n) is 7.00. The summed E-state index contributed by atoms with van der Waals surface area (Å²) >= 11 is 9.21. The van der Waals surface area contributed by atoms with E-state index in [2.05, 4.69) is 31.9 Å². The summed E-state index contributed by atoms with van der Waals surface area (Å²) in [6.45, 7) is 1.78. The van der Waals surface area contributed by atoms with Crippen LogP contribution in [0.3, 0.4) is 0 Å². The van der Waals surface area contributed by atoms with Gasteiger partial charge in [0.05, 0.1) is 29.8 Å². The van der Waals surface area contributed by atoms with E-state index in [0.29, 0.717) is 41.9 Å². The Morgan fingerprint density at radius 2 is 1.71 bits per heavy atom. The average molecular weight is 679 g/mol. The fraction of sp³-hybridized carbons (Fsp3) is 0.308. The van der Waals surface area contributed by atoms with Gasteiger partial charge in [0, 0.05) is 32.8 Å². The van der Waals surface area contributed by atoms with E-state index in [1.807, 2.05) is 24.3 Å². The second-order valence-corrected chi connectivity index (χ2v) is 13.2. The highest BCUT2D eigenvalue weighted by atomic mass is 79.9. The number of rotatable bonds is 4. The van der Waals surface area contributed by atoms with E-state index in [4.69, 9.17) is 4.74 Å². The van der Waals surface area contributed by atoms with E-state index in [0.717, 1.165) is 25.8 Å². The number of aromatic nitrogens is 1. The molecule has 38 heavy (non-hydrogen) atoms. The third-order valence-corrected chi connectivity index (χ3v) is 10.6. The Labute approximate surface area is 243 Å². The molecule has 0 radical (unpaired) electrons. The normalized spacial score (nSPS) is 22.9. The van der Waals surface area contributed by atoms with Crippen LogP contribution in [0.25, 0.3) is 0 Å². The molecule has 6 rings (SSSR count). The number of thioether (sulfide) groups is 1. The maximum atomic E-state index is 13.9. The van der Waals surface area contributed by atoms with Crippen molar-refractivity contribution in [2.45, 2.75) is 22.7 Å². The van der Waals surface area contributed by atoms with Crippen molar-refractivity contribution in [1.29, 1.82) is 0 Å². The van der Waals surface area contributed by atoms with E-state index in [1.54, 1.807) is 29.2 Å². The number of fused-ring (bicyclic) bond motifs is 2. The van der Waals surface area contributed by atoms with Gasteiger partial charge in [-0.05, 0) is 42.0 Å². The van der Waals surface area contributed by atoms with Crippen LogP contribution >= 0.6 is 55.0 Å². The molecule has 3 atom stereocenters. The maximum Gasteiger partial charge on any atom is 0.308 e. The average Bonchev–Trinajstić information content (AvgIpc) is 3.36. The molecule has 2 unspecified atom stereocenters. The molecule has 0 aliphatic carbocycles. The van der Waals surface area contributed by atoms with Crippen LogP contribution in [0, 0.1) is 5.92 Å². The molecule has 3 aliphatic heterocycles. The number of nitrogens with zero attached hydrogens (tertiary/aromatic N) is 3. The highest BCUT2D eigenvalue weighted by Gasteiger charge is 2.56. The van der Waals surface area contributed by atoms with Crippen LogP contribution in [0.2, 0.25) is 0 Å². The Bertz CT molecular complexity index is 1500. The van der Waals surface area contributed by atoms with Crippen molar-refractivity contribution in [3.63, 3.8) is 0 Å². The highest BCUT2D eigenvalue weighted by Crippen LogP contribution is 2.54. The van der Waals surface area contributed by atoms with Crippen molar-refractivity contribution in [2.24, 2.45) is 5.92 Å². The van der Waals surface area contributed by atoms with Crippen LogP contribution in [0.1, 0.15) is 16.4 Å². The van der Waals surface area contributed by atoms with Crippen LogP contribution in [-0.4, -0.2) is 58.7 Å². The number of hydrogen-bond donors (Lipinski definition) is 0. The number of amides is 3. The Balaban J connectivity index is 1.44. The first kappa shape index (κ1) is 26.0. The van der Waals surface area contributed by atoms with Crippen molar-refractivity contribution < 1.29 is 19.1 Å². The van der Waals surface area contributed by atoms with E-state index < -0.39 is 17.1 Å². The Kier molecular flexibility index (Phi) is 7.10. The molecule has 12 heteroatoms. The standard InChI is InChI=1S/C26H21Br2N3O5S2/c27-15-4-6-17(7-5-15)31-23(33)20-19(14-2-1-3-16(28)12-14)22-25(37-21(20)24(31)34)30(26(35)38-22)13-18(32)29-8-10-36-11-9-29/h1-7,12,19-21H,8-11,13H2/t19-,20?,21?/m1/s1. The van der Waals surface area contributed by atoms with Gasteiger partial charge in [0.15, 0.2) is 0 Å². The van der Waals surface area contributed by atoms with Crippen LogP contribution in [0.5, 0.6) is 0 Å². The number of imide groups is 1. The predicted molar refractivity (Wildman–Crippen MR) is 152 cm³/mol. The summed E-state index contributed by atoms with van der Waals surface area (Å²) < 4.78 is 8.50. The number of thiazole rings is 1. The topological polar surface area (TPSA) is 88.9 Å². The minimum absolute atomic E-state index is 0.112. The first-order valence-electron chi connectivity index (χ1n) is 12.0. The predicted octanol–water partition coefficient (Wildman–Crippen LogP) is 4.09. The van der Waals surface area contributed by atoms with Crippen molar-refractivity contribution in [3.8, 4) is 0 Å². The molecule has 3 aliphatic rings. The molecule has 0 bridgehead atoms. The summed E-state index contributed by atoms with van der Waals surface area (Å²) in [6.07, 6.45) is 0. The zero-order valence-corrected chi connectivity index (χ0v) is 24.6. The molecule has 1 aromatic heterocycles. The minimum Gasteiger partial charge on any atom is -0.378 e.